The number of amides is 6. The fraction of sp³-hybridized carbons (Fsp3) is 0.284. The number of thiazole rings is 1. The number of nitrogens with two attached hydrogens (primary N) is 2. The highest BCUT2D eigenvalue weighted by molar-refractivity contribution is 8.01. The molecule has 3 atom stereocenters. The van der Waals surface area contributed by atoms with Crippen LogP contribution in [0.15, 0.2) is 257 Å². The minimum absolute atomic E-state index is 0.00240. The van der Waals surface area contributed by atoms with E-state index in [1.54, 1.807) is 99.6 Å². The Kier molecular flexibility index (Phi) is 34.1. The highest BCUT2D eigenvalue weighted by Gasteiger charge is 2.35. The van der Waals surface area contributed by atoms with Crippen molar-refractivity contribution in [3.8, 4) is 57.5 Å². The Bertz CT molecular complexity index is 7150. The number of fused-ring (bicyclic) bond motifs is 2. The molecular formula is C109H113FN22O10S2. The molecule has 144 heavy (non-hydrogen) atoms. The van der Waals surface area contributed by atoms with Crippen LogP contribution in [-0.4, -0.2) is 168 Å². The van der Waals surface area contributed by atoms with E-state index in [2.05, 4.69) is 120 Å². The summed E-state index contributed by atoms with van der Waals surface area (Å²) in [5.41, 5.74) is 22.6. The van der Waals surface area contributed by atoms with Crippen molar-refractivity contribution in [1.82, 2.24) is 73.4 Å². The van der Waals surface area contributed by atoms with Gasteiger partial charge in [0, 0.05) is 97.9 Å². The van der Waals surface area contributed by atoms with Crippen molar-refractivity contribution in [3.05, 3.63) is 299 Å². The SMILES string of the molecule is C=CC(=O)Nc1cccc(Nc2nc(Nc3ccc(OCCC)cc3)ncc2F)c1.CC#CC(=O)N1CC[C@@H](n2c(=O)n(-c3ccc(Oc4ccccc4)cc3)c3c(N)ncnc32)C1.CCc1cc(C)c(Sc2cnc(NC(=O)c3ccc(CCC(C)C(C)C)cc3)s2)cc1C(=O)N1CCN(C(C)=O)CC1.[C-]#[N+]/C(=C\C1CC1)C(=O)N1CCC[C@@H](n2nc(-c3ccc(Oc4ccccc4)cc3)c3c(N)ncnc32)C1. The number of piperazine rings is 1. The topological polar surface area (TPSA) is 383 Å². The quantitative estimate of drug-likeness (QED) is 0.0144. The second-order valence-corrected chi connectivity index (χ2v) is 37.7. The molecule has 35 heteroatoms. The number of imidazole rings is 1. The van der Waals surface area contributed by atoms with Gasteiger partial charge in [0.15, 0.2) is 33.9 Å². The highest BCUT2D eigenvalue weighted by atomic mass is 32.2. The van der Waals surface area contributed by atoms with Crippen LogP contribution in [0.25, 0.3) is 44.0 Å². The number of rotatable bonds is 29. The van der Waals surface area contributed by atoms with E-state index in [1.807, 2.05) is 162 Å². The summed E-state index contributed by atoms with van der Waals surface area (Å²) < 4.78 is 37.5. The normalized spacial score (nSPS) is 14.6. The Balaban J connectivity index is 0.000000145. The molecule has 4 fully saturated rings. The Hall–Kier alpha value is -16.4. The maximum Gasteiger partial charge on any atom is 0.335 e. The second kappa shape index (κ2) is 48.2. The van der Waals surface area contributed by atoms with E-state index in [9.17, 15) is 38.0 Å². The second-order valence-electron chi connectivity index (χ2n) is 35.3. The third-order valence-corrected chi connectivity index (χ3v) is 27.1. The smallest absolute Gasteiger partial charge is 0.335 e. The van der Waals surface area contributed by atoms with Crippen LogP contribution in [-0.2, 0) is 32.0 Å². The third-order valence-electron chi connectivity index (χ3n) is 24.9. The van der Waals surface area contributed by atoms with E-state index in [-0.39, 0.29) is 76.5 Å². The first-order valence-electron chi connectivity index (χ1n) is 47.8. The minimum atomic E-state index is -0.607. The molecule has 1 saturated carbocycles. The number of anilines is 8. The molecule has 32 nitrogen and oxygen atoms in total. The molecule has 0 radical (unpaired) electrons. The van der Waals surface area contributed by atoms with Crippen molar-refractivity contribution < 1.29 is 47.4 Å². The Labute approximate surface area is 842 Å². The molecule has 4 aliphatic rings. The van der Waals surface area contributed by atoms with Crippen LogP contribution in [0.3, 0.4) is 0 Å². The lowest BCUT2D eigenvalue weighted by atomic mass is 9.91. The van der Waals surface area contributed by atoms with Gasteiger partial charge < -0.3 is 61.2 Å². The summed E-state index contributed by atoms with van der Waals surface area (Å²) in [5.74, 6) is 9.78. The van der Waals surface area contributed by atoms with Crippen molar-refractivity contribution in [1.29, 1.82) is 0 Å². The van der Waals surface area contributed by atoms with Crippen molar-refractivity contribution in [3.63, 3.8) is 0 Å². The molecule has 738 valence electrons. The highest BCUT2D eigenvalue weighted by Crippen LogP contribution is 2.41. The van der Waals surface area contributed by atoms with Gasteiger partial charge in [-0.25, -0.2) is 48.6 Å². The lowest BCUT2D eigenvalue weighted by Gasteiger charge is -2.34. The summed E-state index contributed by atoms with van der Waals surface area (Å²) in [7, 11) is 0. The number of piperidine rings is 1. The van der Waals surface area contributed by atoms with E-state index in [1.165, 1.54) is 40.2 Å². The van der Waals surface area contributed by atoms with Gasteiger partial charge in [-0.15, -0.1) is 0 Å². The number of aryl methyl sites for hydroxylation is 3. The summed E-state index contributed by atoms with van der Waals surface area (Å²) in [5, 5.41) is 17.7. The van der Waals surface area contributed by atoms with Gasteiger partial charge in [0.1, 0.15) is 58.4 Å². The van der Waals surface area contributed by atoms with Crippen LogP contribution >= 0.6 is 23.1 Å². The number of carbonyl (C=O) groups is 6. The summed E-state index contributed by atoms with van der Waals surface area (Å²) in [6.45, 7) is 31.9. The maximum absolute atomic E-state index is 14.2. The van der Waals surface area contributed by atoms with Crippen LogP contribution < -0.4 is 52.6 Å². The number of carbonyl (C=O) groups excluding carboxylic acids is 6. The van der Waals surface area contributed by atoms with Crippen LogP contribution in [0.1, 0.15) is 143 Å². The summed E-state index contributed by atoms with van der Waals surface area (Å²) >= 11 is 2.97. The lowest BCUT2D eigenvalue weighted by molar-refractivity contribution is -0.130. The number of likely N-dealkylation sites (tertiary alicyclic amines) is 2. The van der Waals surface area contributed by atoms with Crippen LogP contribution in [0.5, 0.6) is 28.7 Å². The largest absolute Gasteiger partial charge is 0.494 e. The lowest BCUT2D eigenvalue weighted by Crippen LogP contribution is -2.50. The number of para-hydroxylation sites is 2. The number of hydrogen-bond donors (Lipinski definition) is 6. The van der Waals surface area contributed by atoms with Gasteiger partial charge in [-0.2, -0.15) is 10.1 Å². The van der Waals surface area contributed by atoms with Gasteiger partial charge in [0.05, 0.1) is 52.9 Å². The molecule has 0 bridgehead atoms. The molecule has 9 heterocycles. The number of nitrogen functional groups attached to an aromatic ring is 2. The molecule has 6 aromatic heterocycles. The molecule has 8 N–H and O–H groups in total. The molecule has 6 amide bonds. The standard InChI is InChI=1S/C33H42N4O3S2.C29H27N7O2.C25H22N6O3.C22H22FN5O2/c1-7-26-18-23(5)29(19-28(26)32(40)37-16-14-36(15-17-37)24(6)38)41-30-20-34-33(42-30)35-31(39)27-12-10-25(11-13-27)9-8-22(4)21(2)3;1-31-24(16-19-9-10-19)29(37)35-15-5-6-21(17-35)36-28-25(27(30)32-18-33-28)26(34-36)20-11-13-23(14-12-20)38-22-7-3-2-4-8-22;1-2-6-21(32)29-14-13-18(15-29)31-24-22(23(26)27-16-28-24)30(25(31)33)17-9-11-20(12-10-17)34-19-7-4-3-5-8-19;1-3-12-30-18-10-8-15(9-11-18)27-22-24-14-19(23)21(28-22)26-17-7-5-6-16(13-17)25-20(29)4-2/h10-13,18-22H,7-9,14-17H2,1-6H3,(H,34,35,39);2-4,7-8,11-14,16,18-19,21H,5-6,9-10,15,17H2,(H2,30,32,33);3-5,7-12,16,18H,13-15H2,1H3,(H2,26,27,28);4-11,13-14H,2-3,12H2,1H3,(H,25,29)(H2,24,26,27,28)/b;24-16-;;/t;21-;18-;/m.11./s1. The van der Waals surface area contributed by atoms with E-state index >= 15 is 0 Å². The van der Waals surface area contributed by atoms with Gasteiger partial charge in [-0.05, 0) is 252 Å². The van der Waals surface area contributed by atoms with Crippen molar-refractivity contribution >= 4 is 126 Å². The van der Waals surface area contributed by atoms with Gasteiger partial charge in [-0.3, -0.25) is 43.2 Å². The van der Waals surface area contributed by atoms with Gasteiger partial charge in [-0.1, -0.05) is 137 Å². The zero-order valence-corrected chi connectivity index (χ0v) is 83.0. The molecule has 18 rings (SSSR count). The average molecular weight is 1970 g/mol. The van der Waals surface area contributed by atoms with E-state index in [4.69, 9.17) is 37.3 Å². The molecule has 0 spiro atoms. The molecular weight excluding hydrogens is 1860 g/mol. The number of aromatic nitrogens is 11. The third kappa shape index (κ3) is 26.0. The predicted molar refractivity (Wildman–Crippen MR) is 559 cm³/mol. The number of benzene rings is 8. The fourth-order valence-corrected chi connectivity index (χ4v) is 18.5. The van der Waals surface area contributed by atoms with E-state index < -0.39 is 5.82 Å². The number of hydrogen-bond acceptors (Lipinski definition) is 24. The van der Waals surface area contributed by atoms with E-state index in [0.717, 1.165) is 106 Å². The van der Waals surface area contributed by atoms with Crippen LogP contribution in [0.2, 0.25) is 0 Å². The fourth-order valence-electron chi connectivity index (χ4n) is 16.6. The first-order valence-corrected chi connectivity index (χ1v) is 49.5. The monoisotopic (exact) mass is 1970 g/mol. The molecule has 1 unspecified atom stereocenters. The van der Waals surface area contributed by atoms with Gasteiger partial charge >= 0.3 is 5.69 Å². The van der Waals surface area contributed by atoms with Crippen LogP contribution in [0.4, 0.5) is 50.0 Å². The van der Waals surface area contributed by atoms with Crippen molar-refractivity contribution in [2.45, 2.75) is 134 Å². The van der Waals surface area contributed by atoms with Gasteiger partial charge in [0.25, 0.3) is 23.6 Å². The summed E-state index contributed by atoms with van der Waals surface area (Å²) in [4.78, 5) is 130. The Morgan fingerprint density at radius 3 is 1.98 bits per heavy atom. The Morgan fingerprint density at radius 2 is 1.33 bits per heavy atom. The summed E-state index contributed by atoms with van der Waals surface area (Å²) in [6, 6.07) is 59.6. The number of nitrogens with one attached hydrogen (secondary N) is 4. The predicted octanol–water partition coefficient (Wildman–Crippen LogP) is 20.0. The van der Waals surface area contributed by atoms with Crippen LogP contribution in [0, 0.1) is 48.9 Å². The molecule has 1 aliphatic carbocycles. The molecule has 14 aromatic rings. The zero-order chi connectivity index (χ0) is 101. The maximum atomic E-state index is 14.2. The molecule has 8 aromatic carbocycles. The number of allylic oxidation sites excluding steroid dienone is 1. The first-order chi connectivity index (χ1) is 69.8. The molecule has 3 aliphatic heterocycles. The zero-order valence-electron chi connectivity index (χ0n) is 81.3. The van der Waals surface area contributed by atoms with Gasteiger partial charge in [0.2, 0.25) is 23.5 Å². The molecule has 3 saturated heterocycles. The number of nitrogens with zero attached hydrogens (tertiary/aromatic N) is 16. The minimum Gasteiger partial charge on any atom is -0.494 e. The van der Waals surface area contributed by atoms with E-state index in [0.29, 0.717) is 162 Å². The first kappa shape index (κ1) is 102. The summed E-state index contributed by atoms with van der Waals surface area (Å²) in [6.07, 6.45) is 16.8. The average Bonchev–Trinajstić information content (AvgIpc) is 1.59. The number of ether oxygens (including phenoxy) is 3. The number of halogens is 1. The van der Waals surface area contributed by atoms with Crippen molar-refractivity contribution in [2.75, 3.05) is 91.7 Å². The van der Waals surface area contributed by atoms with Crippen molar-refractivity contribution in [2.24, 2.45) is 17.8 Å². The Morgan fingerprint density at radius 1 is 0.674 bits per heavy atom.